The SMILES string of the molecule is CN1C(=O)C2(Cl)CC3C(=CCC4C(=O)N(c5ccc([N+](=O)[O-])cc5)C(=O)C43)C(c3cc(Br)ccc3O)C2(Cl)C1=O. The van der Waals surface area contributed by atoms with Gasteiger partial charge in [-0.05, 0) is 49.1 Å². The molecule has 0 radical (unpaired) electrons. The number of imide groups is 2. The first-order valence-electron chi connectivity index (χ1n) is 12.3. The molecule has 2 aliphatic heterocycles. The smallest absolute Gasteiger partial charge is 0.269 e. The van der Waals surface area contributed by atoms with Gasteiger partial charge in [0, 0.05) is 35.1 Å². The number of hydrogen-bond acceptors (Lipinski definition) is 7. The fourth-order valence-electron chi connectivity index (χ4n) is 6.82. The number of rotatable bonds is 3. The lowest BCUT2D eigenvalue weighted by molar-refractivity contribution is -0.384. The van der Waals surface area contributed by atoms with Gasteiger partial charge in [-0.2, -0.15) is 0 Å². The van der Waals surface area contributed by atoms with E-state index in [9.17, 15) is 34.4 Å². The number of aromatic hydroxyl groups is 1. The highest BCUT2D eigenvalue weighted by atomic mass is 79.9. The Morgan fingerprint density at radius 1 is 1.02 bits per heavy atom. The Morgan fingerprint density at radius 3 is 2.35 bits per heavy atom. The van der Waals surface area contributed by atoms with Gasteiger partial charge in [-0.3, -0.25) is 39.1 Å². The van der Waals surface area contributed by atoms with Crippen LogP contribution in [0.2, 0.25) is 0 Å². The van der Waals surface area contributed by atoms with Crippen LogP contribution in [-0.2, 0) is 19.2 Å². The number of halogens is 3. The summed E-state index contributed by atoms with van der Waals surface area (Å²) in [6.07, 6.45) is 1.73. The minimum absolute atomic E-state index is 0.149. The van der Waals surface area contributed by atoms with Crippen LogP contribution in [0.3, 0.4) is 0 Å². The predicted molar refractivity (Wildman–Crippen MR) is 147 cm³/mol. The fourth-order valence-corrected chi connectivity index (χ4v) is 8.21. The van der Waals surface area contributed by atoms with Crippen LogP contribution in [0.15, 0.2) is 58.6 Å². The zero-order valence-electron chi connectivity index (χ0n) is 20.7. The third-order valence-corrected chi connectivity index (χ3v) is 10.5. The topological polar surface area (TPSA) is 138 Å². The highest BCUT2D eigenvalue weighted by Gasteiger charge is 2.76. The average Bonchev–Trinajstić information content (AvgIpc) is 3.25. The van der Waals surface area contributed by atoms with E-state index in [0.717, 1.165) is 9.80 Å². The monoisotopic (exact) mass is 647 g/mol. The highest BCUT2D eigenvalue weighted by Crippen LogP contribution is 2.66. The summed E-state index contributed by atoms with van der Waals surface area (Å²) in [5.74, 6) is -6.17. The van der Waals surface area contributed by atoms with E-state index in [-0.39, 0.29) is 35.5 Å². The van der Waals surface area contributed by atoms with Crippen LogP contribution in [0.25, 0.3) is 0 Å². The molecule has 13 heteroatoms. The summed E-state index contributed by atoms with van der Waals surface area (Å²) in [7, 11) is 1.29. The van der Waals surface area contributed by atoms with Gasteiger partial charge in [0.05, 0.1) is 22.4 Å². The molecule has 206 valence electrons. The zero-order valence-corrected chi connectivity index (χ0v) is 23.8. The number of alkyl halides is 2. The molecule has 40 heavy (non-hydrogen) atoms. The second-order valence-electron chi connectivity index (χ2n) is 10.5. The number of hydrogen-bond donors (Lipinski definition) is 1. The molecule has 2 aromatic rings. The number of fused-ring (bicyclic) bond motifs is 4. The third-order valence-electron chi connectivity index (χ3n) is 8.63. The van der Waals surface area contributed by atoms with E-state index in [0.29, 0.717) is 10.0 Å². The molecule has 6 atom stereocenters. The fraction of sp³-hybridized carbons (Fsp3) is 0.333. The molecule has 2 heterocycles. The standard InChI is InChI=1S/C27H20BrCl2N3O7/c1-31-24(37)26(29)11-18-15(21(27(26,30)25(31)38)17-10-12(28)2-9-19(17)34)7-8-16-20(18)23(36)32(22(16)35)13-3-5-14(6-4-13)33(39)40/h2-7,9-10,16,18,20-21,34H,8,11H2,1H3. The molecule has 0 spiro atoms. The molecule has 3 fully saturated rings. The summed E-state index contributed by atoms with van der Waals surface area (Å²) in [6, 6.07) is 9.72. The van der Waals surface area contributed by atoms with Gasteiger partial charge < -0.3 is 5.11 Å². The van der Waals surface area contributed by atoms with Gasteiger partial charge in [0.1, 0.15) is 5.75 Å². The van der Waals surface area contributed by atoms with Crippen molar-refractivity contribution in [3.8, 4) is 5.75 Å². The molecule has 0 aromatic heterocycles. The Labute approximate surface area is 245 Å². The normalized spacial score (nSPS) is 33.0. The van der Waals surface area contributed by atoms with E-state index in [1.165, 1.54) is 37.4 Å². The molecule has 6 unspecified atom stereocenters. The Bertz CT molecular complexity index is 1580. The number of phenolic OH excluding ortho intramolecular Hbond substituents is 1. The number of nitro groups is 1. The number of carbonyl (C=O) groups is 4. The first-order chi connectivity index (χ1) is 18.8. The van der Waals surface area contributed by atoms with Crippen LogP contribution in [0.5, 0.6) is 5.75 Å². The number of amides is 4. The van der Waals surface area contributed by atoms with E-state index in [2.05, 4.69) is 15.9 Å². The van der Waals surface area contributed by atoms with E-state index < -0.39 is 62.0 Å². The van der Waals surface area contributed by atoms with Gasteiger partial charge in [-0.15, -0.1) is 23.2 Å². The van der Waals surface area contributed by atoms with Crippen molar-refractivity contribution >= 4 is 74.1 Å². The first kappa shape index (κ1) is 26.9. The lowest BCUT2D eigenvalue weighted by Gasteiger charge is -2.50. The molecular formula is C27H20BrCl2N3O7. The van der Waals surface area contributed by atoms with Crippen LogP contribution in [0, 0.1) is 27.9 Å². The molecule has 2 saturated heterocycles. The van der Waals surface area contributed by atoms with Crippen molar-refractivity contribution in [2.45, 2.75) is 28.5 Å². The lowest BCUT2D eigenvalue weighted by atomic mass is 9.56. The first-order valence-corrected chi connectivity index (χ1v) is 13.9. The van der Waals surface area contributed by atoms with E-state index >= 15 is 0 Å². The molecule has 1 saturated carbocycles. The van der Waals surface area contributed by atoms with E-state index in [1.807, 2.05) is 0 Å². The summed E-state index contributed by atoms with van der Waals surface area (Å²) in [4.78, 5) is 62.9. The largest absolute Gasteiger partial charge is 0.508 e. The molecule has 2 aromatic carbocycles. The van der Waals surface area contributed by atoms with E-state index in [1.54, 1.807) is 18.2 Å². The van der Waals surface area contributed by atoms with Gasteiger partial charge in [-0.25, -0.2) is 0 Å². The minimum Gasteiger partial charge on any atom is -0.508 e. The van der Waals surface area contributed by atoms with Gasteiger partial charge >= 0.3 is 0 Å². The number of likely N-dealkylation sites (tertiary alicyclic amines) is 1. The van der Waals surface area contributed by atoms with Gasteiger partial charge in [0.2, 0.25) is 11.8 Å². The summed E-state index contributed by atoms with van der Waals surface area (Å²) >= 11 is 17.6. The maximum Gasteiger partial charge on any atom is 0.269 e. The average molecular weight is 649 g/mol. The van der Waals surface area contributed by atoms with Crippen molar-refractivity contribution in [3.05, 3.63) is 74.3 Å². The van der Waals surface area contributed by atoms with Crippen LogP contribution >= 0.6 is 39.1 Å². The van der Waals surface area contributed by atoms with Crippen molar-refractivity contribution in [1.29, 1.82) is 0 Å². The number of benzene rings is 2. The number of nitrogens with zero attached hydrogens (tertiary/aromatic N) is 3. The van der Waals surface area contributed by atoms with Crippen molar-refractivity contribution in [2.24, 2.45) is 17.8 Å². The van der Waals surface area contributed by atoms with Gasteiger partial charge in [-0.1, -0.05) is 27.6 Å². The van der Waals surface area contributed by atoms with E-state index in [4.69, 9.17) is 23.2 Å². The van der Waals surface area contributed by atoms with Gasteiger partial charge in [0.15, 0.2) is 9.75 Å². The number of non-ortho nitro benzene ring substituents is 1. The maximum absolute atomic E-state index is 13.9. The third kappa shape index (κ3) is 3.34. The molecule has 4 amide bonds. The molecule has 10 nitrogen and oxygen atoms in total. The molecule has 1 N–H and O–H groups in total. The Kier molecular flexibility index (Phi) is 5.96. The summed E-state index contributed by atoms with van der Waals surface area (Å²) in [5, 5.41) is 22.0. The summed E-state index contributed by atoms with van der Waals surface area (Å²) in [6.45, 7) is 0. The van der Waals surface area contributed by atoms with Crippen LogP contribution in [-0.4, -0.2) is 55.4 Å². The highest BCUT2D eigenvalue weighted by molar-refractivity contribution is 9.10. The predicted octanol–water partition coefficient (Wildman–Crippen LogP) is 4.26. The number of phenols is 1. The zero-order chi connectivity index (χ0) is 28.9. The minimum atomic E-state index is -2.00. The lowest BCUT2D eigenvalue weighted by Crippen LogP contribution is -2.60. The van der Waals surface area contributed by atoms with Crippen molar-refractivity contribution in [1.82, 2.24) is 4.90 Å². The Balaban J connectivity index is 1.50. The van der Waals surface area contributed by atoms with Crippen molar-refractivity contribution in [2.75, 3.05) is 11.9 Å². The molecule has 6 rings (SSSR count). The summed E-state index contributed by atoms with van der Waals surface area (Å²) in [5.41, 5.74) is 0.797. The van der Waals surface area contributed by atoms with Crippen LogP contribution < -0.4 is 4.90 Å². The van der Waals surface area contributed by atoms with Crippen molar-refractivity contribution in [3.63, 3.8) is 0 Å². The van der Waals surface area contributed by atoms with Crippen molar-refractivity contribution < 1.29 is 29.2 Å². The quantitative estimate of drug-likeness (QED) is 0.173. The number of carbonyl (C=O) groups excluding carboxylic acids is 4. The Morgan fingerprint density at radius 2 is 1.70 bits per heavy atom. The summed E-state index contributed by atoms with van der Waals surface area (Å²) < 4.78 is 0.582. The second-order valence-corrected chi connectivity index (χ2v) is 12.6. The van der Waals surface area contributed by atoms with Crippen LogP contribution in [0.4, 0.5) is 11.4 Å². The number of allylic oxidation sites excluding steroid dienone is 2. The molecule has 2 aliphatic carbocycles. The van der Waals surface area contributed by atoms with Crippen LogP contribution in [0.1, 0.15) is 24.3 Å². The number of anilines is 1. The Hall–Kier alpha value is -3.28. The number of nitro benzene ring substituents is 1. The maximum atomic E-state index is 13.9. The molecule has 4 aliphatic rings. The molecular weight excluding hydrogens is 629 g/mol. The molecule has 0 bridgehead atoms. The van der Waals surface area contributed by atoms with Gasteiger partial charge in [0.25, 0.3) is 17.5 Å². The second kappa shape index (κ2) is 8.86.